The monoisotopic (exact) mass is 153 g/mol. The number of rotatable bonds is 1. The number of hydrogen-bond acceptors (Lipinski definition) is 2. The molecule has 0 aliphatic heterocycles. The highest BCUT2D eigenvalue weighted by Gasteiger charge is 2.10. The van der Waals surface area contributed by atoms with Gasteiger partial charge >= 0.3 is 0 Å². The second kappa shape index (κ2) is 2.26. The Labute approximate surface area is 54.0 Å². The molecule has 0 saturated heterocycles. The molecule has 1 heterocycles. The number of aromatic nitrogens is 3. The first-order chi connectivity index (χ1) is 4.20. The van der Waals surface area contributed by atoms with Gasteiger partial charge in [-0.2, -0.15) is 4.98 Å². The minimum absolute atomic E-state index is 0.190. The van der Waals surface area contributed by atoms with Crippen LogP contribution < -0.4 is 0 Å². The molecule has 1 aromatic heterocycles. The van der Waals surface area contributed by atoms with E-state index in [2.05, 4.69) is 10.1 Å². The molecule has 0 aliphatic rings. The summed E-state index contributed by atoms with van der Waals surface area (Å²) in [7, 11) is 0. The minimum Gasteiger partial charge on any atom is -0.257 e. The minimum atomic E-state index is -2.63. The fourth-order valence-electron chi connectivity index (χ4n) is 0.350. The first kappa shape index (κ1) is 6.41. The van der Waals surface area contributed by atoms with Crippen molar-refractivity contribution in [2.24, 2.45) is 0 Å². The van der Waals surface area contributed by atoms with Gasteiger partial charge in [0.2, 0.25) is 5.28 Å². The molecule has 50 valence electrons. The van der Waals surface area contributed by atoms with Gasteiger partial charge in [-0.15, -0.1) is 5.10 Å². The highest BCUT2D eigenvalue weighted by atomic mass is 35.5. The average Bonchev–Trinajstić information content (AvgIpc) is 2.14. The van der Waals surface area contributed by atoms with Crippen LogP contribution in [0.4, 0.5) is 8.78 Å². The molecule has 1 N–H and O–H groups in total. The Morgan fingerprint density at radius 3 is 2.44 bits per heavy atom. The molecule has 6 heteroatoms. The van der Waals surface area contributed by atoms with Crippen LogP contribution in [-0.4, -0.2) is 15.2 Å². The van der Waals surface area contributed by atoms with E-state index in [4.69, 9.17) is 11.6 Å². The van der Waals surface area contributed by atoms with Crippen LogP contribution in [0.5, 0.6) is 0 Å². The lowest BCUT2D eigenvalue weighted by molar-refractivity contribution is 0.141. The lowest BCUT2D eigenvalue weighted by Gasteiger charge is -1.85. The predicted molar refractivity (Wildman–Crippen MR) is 26.3 cm³/mol. The van der Waals surface area contributed by atoms with Crippen molar-refractivity contribution in [3.63, 3.8) is 0 Å². The van der Waals surface area contributed by atoms with Crippen molar-refractivity contribution in [2.75, 3.05) is 0 Å². The first-order valence-corrected chi connectivity index (χ1v) is 2.44. The van der Waals surface area contributed by atoms with Crippen molar-refractivity contribution in [3.8, 4) is 0 Å². The zero-order valence-electron chi connectivity index (χ0n) is 4.11. The van der Waals surface area contributed by atoms with E-state index in [1.807, 2.05) is 5.10 Å². The topological polar surface area (TPSA) is 41.6 Å². The summed E-state index contributed by atoms with van der Waals surface area (Å²) < 4.78 is 23.2. The third kappa shape index (κ3) is 1.35. The molecule has 0 aromatic carbocycles. The Hall–Kier alpha value is -0.710. The van der Waals surface area contributed by atoms with E-state index in [-0.39, 0.29) is 5.28 Å². The zero-order chi connectivity index (χ0) is 6.85. The van der Waals surface area contributed by atoms with Crippen LogP contribution in [0.15, 0.2) is 0 Å². The summed E-state index contributed by atoms with van der Waals surface area (Å²) in [5.41, 5.74) is 0. The van der Waals surface area contributed by atoms with Crippen molar-refractivity contribution in [3.05, 3.63) is 11.1 Å². The number of H-pyrrole nitrogens is 1. The van der Waals surface area contributed by atoms with Crippen LogP contribution in [0, 0.1) is 0 Å². The number of halogens is 3. The molecule has 0 amide bonds. The van der Waals surface area contributed by atoms with Crippen LogP contribution in [0.3, 0.4) is 0 Å². The molecule has 0 fully saturated rings. The summed E-state index contributed by atoms with van der Waals surface area (Å²) in [5.74, 6) is -0.500. The number of nitrogens with zero attached hydrogens (tertiary/aromatic N) is 2. The van der Waals surface area contributed by atoms with Crippen molar-refractivity contribution in [1.29, 1.82) is 0 Å². The van der Waals surface area contributed by atoms with Gasteiger partial charge in [0.05, 0.1) is 0 Å². The molecule has 0 radical (unpaired) electrons. The molecule has 1 rings (SSSR count). The fourth-order valence-corrected chi connectivity index (χ4v) is 0.484. The summed E-state index contributed by atoms with van der Waals surface area (Å²) >= 11 is 5.12. The highest BCUT2D eigenvalue weighted by Crippen LogP contribution is 2.13. The van der Waals surface area contributed by atoms with Crippen molar-refractivity contribution >= 4 is 11.6 Å². The molecule has 0 aliphatic carbocycles. The largest absolute Gasteiger partial charge is 0.296 e. The molecular weight excluding hydrogens is 152 g/mol. The van der Waals surface area contributed by atoms with Crippen molar-refractivity contribution < 1.29 is 8.78 Å². The third-order valence-electron chi connectivity index (χ3n) is 0.682. The summed E-state index contributed by atoms with van der Waals surface area (Å²) in [6, 6.07) is 0. The lowest BCUT2D eigenvalue weighted by Crippen LogP contribution is -1.85. The lowest BCUT2D eigenvalue weighted by atomic mass is 10.7. The molecule has 0 bridgehead atoms. The van der Waals surface area contributed by atoms with E-state index < -0.39 is 12.2 Å². The van der Waals surface area contributed by atoms with E-state index >= 15 is 0 Å². The molecule has 3 nitrogen and oxygen atoms in total. The van der Waals surface area contributed by atoms with Gasteiger partial charge in [-0.3, -0.25) is 5.10 Å². The number of alkyl halides is 2. The van der Waals surface area contributed by atoms with Crippen LogP contribution >= 0.6 is 11.6 Å². The summed E-state index contributed by atoms with van der Waals surface area (Å²) in [6.45, 7) is 0. The smallest absolute Gasteiger partial charge is 0.257 e. The molecule has 9 heavy (non-hydrogen) atoms. The van der Waals surface area contributed by atoms with Crippen LogP contribution in [-0.2, 0) is 0 Å². The van der Waals surface area contributed by atoms with Crippen LogP contribution in [0.2, 0.25) is 5.28 Å². The van der Waals surface area contributed by atoms with E-state index in [0.29, 0.717) is 0 Å². The normalized spacial score (nSPS) is 10.7. The molecule has 0 saturated carbocycles. The average molecular weight is 154 g/mol. The van der Waals surface area contributed by atoms with Gasteiger partial charge in [0.25, 0.3) is 6.43 Å². The summed E-state index contributed by atoms with van der Waals surface area (Å²) in [5, 5.41) is 4.96. The number of nitrogens with one attached hydrogen (secondary N) is 1. The van der Waals surface area contributed by atoms with Gasteiger partial charge in [0.15, 0.2) is 5.82 Å². The molecule has 0 atom stereocenters. The van der Waals surface area contributed by atoms with E-state index in [1.165, 1.54) is 0 Å². The van der Waals surface area contributed by atoms with Gasteiger partial charge in [-0.25, -0.2) is 8.78 Å². The maximum Gasteiger partial charge on any atom is 0.296 e. The second-order valence-electron chi connectivity index (χ2n) is 1.29. The van der Waals surface area contributed by atoms with E-state index in [9.17, 15) is 8.78 Å². The van der Waals surface area contributed by atoms with Crippen LogP contribution in [0.1, 0.15) is 12.2 Å². The first-order valence-electron chi connectivity index (χ1n) is 2.06. The Balaban J connectivity index is 2.85. The maximum absolute atomic E-state index is 11.6. The van der Waals surface area contributed by atoms with Crippen molar-refractivity contribution in [1.82, 2.24) is 15.2 Å². The van der Waals surface area contributed by atoms with E-state index in [0.717, 1.165) is 0 Å². The van der Waals surface area contributed by atoms with E-state index in [1.54, 1.807) is 0 Å². The van der Waals surface area contributed by atoms with Gasteiger partial charge in [0.1, 0.15) is 0 Å². The summed E-state index contributed by atoms with van der Waals surface area (Å²) in [6.07, 6.45) is -2.63. The Morgan fingerprint density at radius 2 is 2.22 bits per heavy atom. The Kier molecular flexibility index (Phi) is 1.61. The fraction of sp³-hybridized carbons (Fsp3) is 0.333. The van der Waals surface area contributed by atoms with Gasteiger partial charge in [-0.05, 0) is 11.6 Å². The molecule has 1 aromatic rings. The number of hydrogen-bond donors (Lipinski definition) is 1. The van der Waals surface area contributed by atoms with Crippen LogP contribution in [0.25, 0.3) is 0 Å². The Bertz CT molecular complexity index is 199. The summed E-state index contributed by atoms with van der Waals surface area (Å²) in [4.78, 5) is 3.16. The maximum atomic E-state index is 11.6. The second-order valence-corrected chi connectivity index (χ2v) is 1.63. The SMILES string of the molecule is FC(F)c1nc(Cl)n[nH]1. The molecular formula is C3H2ClF2N3. The van der Waals surface area contributed by atoms with Gasteiger partial charge in [-0.1, -0.05) is 0 Å². The molecule has 0 spiro atoms. The molecule has 0 unspecified atom stereocenters. The number of aromatic amines is 1. The van der Waals surface area contributed by atoms with Crippen molar-refractivity contribution in [2.45, 2.75) is 6.43 Å². The quantitative estimate of drug-likeness (QED) is 0.663. The standard InChI is InChI=1S/C3H2ClF2N3/c4-3-7-2(1(5)6)8-9-3/h1H,(H,7,8,9). The third-order valence-corrected chi connectivity index (χ3v) is 0.851. The predicted octanol–water partition coefficient (Wildman–Crippen LogP) is 1.40. The van der Waals surface area contributed by atoms with Gasteiger partial charge in [0, 0.05) is 0 Å². The zero-order valence-corrected chi connectivity index (χ0v) is 4.86. The Morgan fingerprint density at radius 1 is 1.56 bits per heavy atom. The van der Waals surface area contributed by atoms with Gasteiger partial charge < -0.3 is 0 Å². The highest BCUT2D eigenvalue weighted by molar-refractivity contribution is 6.28.